The van der Waals surface area contributed by atoms with E-state index in [-0.39, 0.29) is 12.0 Å². The van der Waals surface area contributed by atoms with Crippen LogP contribution in [0.2, 0.25) is 0 Å². The molecule has 2 heterocycles. The average molecular weight is 414 g/mol. The minimum atomic E-state index is -0.498. The maximum absolute atomic E-state index is 14.2. The van der Waals surface area contributed by atoms with Crippen molar-refractivity contribution in [1.29, 1.82) is 5.26 Å². The normalized spacial score (nSPS) is 15.1. The maximum atomic E-state index is 14.2. The predicted molar refractivity (Wildman–Crippen MR) is 109 cm³/mol. The van der Waals surface area contributed by atoms with Crippen LogP contribution in [0.3, 0.4) is 0 Å². The molecule has 0 spiro atoms. The molecule has 0 aliphatic carbocycles. The SMILES string of the molecule is CC(C)(C)OC(=O)N1CCC(c2cccc(Sc3ccc(C#N)cc3F)n2)CC1. The van der Waals surface area contributed by atoms with Crippen LogP contribution in [0.5, 0.6) is 0 Å². The molecule has 1 amide bonds. The first kappa shape index (κ1) is 21.1. The third-order valence-electron chi connectivity index (χ3n) is 4.59. The second-order valence-corrected chi connectivity index (χ2v) is 9.06. The van der Waals surface area contributed by atoms with Crippen LogP contribution >= 0.6 is 11.8 Å². The van der Waals surface area contributed by atoms with Crippen molar-refractivity contribution in [1.82, 2.24) is 9.88 Å². The number of carbonyl (C=O) groups excluding carboxylic acids is 1. The number of benzene rings is 1. The summed E-state index contributed by atoms with van der Waals surface area (Å²) in [5.41, 5.74) is 0.750. The second kappa shape index (κ2) is 8.83. The lowest BCUT2D eigenvalue weighted by Crippen LogP contribution is -2.41. The molecule has 29 heavy (non-hydrogen) atoms. The van der Waals surface area contributed by atoms with Gasteiger partial charge >= 0.3 is 6.09 Å². The standard InChI is InChI=1S/C22H24FN3O2S/c1-22(2,3)28-21(27)26-11-9-16(10-12-26)18-5-4-6-20(25-18)29-19-8-7-15(14-24)13-17(19)23/h4-8,13,16H,9-12H2,1-3H3. The molecule has 0 bridgehead atoms. The Morgan fingerprint density at radius 2 is 2.00 bits per heavy atom. The van der Waals surface area contributed by atoms with E-state index < -0.39 is 11.4 Å². The number of ether oxygens (including phenoxy) is 1. The van der Waals surface area contributed by atoms with Gasteiger partial charge in [0.1, 0.15) is 16.4 Å². The van der Waals surface area contributed by atoms with E-state index in [1.54, 1.807) is 17.0 Å². The largest absolute Gasteiger partial charge is 0.444 e. The third kappa shape index (κ3) is 5.70. The summed E-state index contributed by atoms with van der Waals surface area (Å²) in [7, 11) is 0. The van der Waals surface area contributed by atoms with Gasteiger partial charge in [-0.15, -0.1) is 0 Å². The summed E-state index contributed by atoms with van der Waals surface area (Å²) in [6.45, 7) is 6.84. The van der Waals surface area contributed by atoms with Crippen molar-refractivity contribution in [3.05, 3.63) is 53.5 Å². The van der Waals surface area contributed by atoms with Crippen LogP contribution in [0.15, 0.2) is 46.3 Å². The number of nitriles is 1. The number of nitrogens with zero attached hydrogens (tertiary/aromatic N) is 3. The lowest BCUT2D eigenvalue weighted by Gasteiger charge is -2.33. The van der Waals surface area contributed by atoms with Crippen molar-refractivity contribution in [2.24, 2.45) is 0 Å². The molecule has 0 N–H and O–H groups in total. The summed E-state index contributed by atoms with van der Waals surface area (Å²) >= 11 is 1.24. The Morgan fingerprint density at radius 1 is 1.28 bits per heavy atom. The summed E-state index contributed by atoms with van der Waals surface area (Å²) in [6, 6.07) is 12.1. The molecule has 1 saturated heterocycles. The van der Waals surface area contributed by atoms with Gasteiger partial charge in [-0.2, -0.15) is 5.26 Å². The van der Waals surface area contributed by atoms with E-state index in [1.807, 2.05) is 45.0 Å². The van der Waals surface area contributed by atoms with Crippen molar-refractivity contribution in [3.8, 4) is 6.07 Å². The van der Waals surface area contributed by atoms with Gasteiger partial charge in [-0.05, 0) is 63.9 Å². The van der Waals surface area contributed by atoms with Crippen molar-refractivity contribution < 1.29 is 13.9 Å². The smallest absolute Gasteiger partial charge is 0.410 e. The quantitative estimate of drug-likeness (QED) is 0.678. The number of halogens is 1. The molecule has 1 aromatic carbocycles. The zero-order valence-corrected chi connectivity index (χ0v) is 17.6. The Hall–Kier alpha value is -2.59. The molecule has 2 aromatic rings. The maximum Gasteiger partial charge on any atom is 0.410 e. The first-order chi connectivity index (χ1) is 13.7. The zero-order valence-electron chi connectivity index (χ0n) is 16.8. The van der Waals surface area contributed by atoms with Gasteiger partial charge in [0.15, 0.2) is 0 Å². The topological polar surface area (TPSA) is 66.2 Å². The number of piperidine rings is 1. The van der Waals surface area contributed by atoms with E-state index in [0.29, 0.717) is 28.6 Å². The number of pyridine rings is 1. The fourth-order valence-electron chi connectivity index (χ4n) is 3.17. The van der Waals surface area contributed by atoms with Gasteiger partial charge in [0.25, 0.3) is 0 Å². The lowest BCUT2D eigenvalue weighted by atomic mass is 9.93. The highest BCUT2D eigenvalue weighted by Gasteiger charge is 2.28. The summed E-state index contributed by atoms with van der Waals surface area (Å²) in [6.07, 6.45) is 1.35. The molecule has 3 rings (SSSR count). The van der Waals surface area contributed by atoms with E-state index in [0.717, 1.165) is 18.5 Å². The Morgan fingerprint density at radius 3 is 2.62 bits per heavy atom. The molecule has 1 fully saturated rings. The van der Waals surface area contributed by atoms with Crippen molar-refractivity contribution in [2.45, 2.75) is 55.1 Å². The van der Waals surface area contributed by atoms with E-state index >= 15 is 0 Å². The molecular formula is C22H24FN3O2S. The molecule has 1 aliphatic rings. The van der Waals surface area contributed by atoms with Gasteiger partial charge in [-0.25, -0.2) is 14.2 Å². The first-order valence-electron chi connectivity index (χ1n) is 9.57. The highest BCUT2D eigenvalue weighted by Crippen LogP contribution is 2.32. The third-order valence-corrected chi connectivity index (χ3v) is 5.57. The molecular weight excluding hydrogens is 389 g/mol. The number of carbonyl (C=O) groups is 1. The Labute approximate surface area is 174 Å². The van der Waals surface area contributed by atoms with Gasteiger partial charge < -0.3 is 9.64 Å². The first-order valence-corrected chi connectivity index (χ1v) is 10.4. The average Bonchev–Trinajstić information content (AvgIpc) is 2.68. The van der Waals surface area contributed by atoms with Crippen molar-refractivity contribution >= 4 is 17.9 Å². The van der Waals surface area contributed by atoms with Crippen LogP contribution < -0.4 is 0 Å². The predicted octanol–water partition coefficient (Wildman–Crippen LogP) is 5.36. The number of likely N-dealkylation sites (tertiary alicyclic amines) is 1. The molecule has 7 heteroatoms. The molecule has 0 unspecified atom stereocenters. The summed E-state index contributed by atoms with van der Waals surface area (Å²) < 4.78 is 19.6. The van der Waals surface area contributed by atoms with Gasteiger partial charge in [0.05, 0.1) is 11.6 Å². The van der Waals surface area contributed by atoms with Crippen LogP contribution in [0.1, 0.15) is 50.8 Å². The number of hydrogen-bond donors (Lipinski definition) is 0. The summed E-state index contributed by atoms with van der Waals surface area (Å²) in [5.74, 6) is -0.174. The minimum absolute atomic E-state index is 0.250. The number of rotatable bonds is 3. The van der Waals surface area contributed by atoms with E-state index in [9.17, 15) is 9.18 Å². The highest BCUT2D eigenvalue weighted by molar-refractivity contribution is 7.99. The number of amides is 1. The molecule has 1 aromatic heterocycles. The molecule has 0 saturated carbocycles. The van der Waals surface area contributed by atoms with Crippen LogP contribution in [0.25, 0.3) is 0 Å². The van der Waals surface area contributed by atoms with Crippen LogP contribution in [-0.2, 0) is 4.74 Å². The fraction of sp³-hybridized carbons (Fsp3) is 0.409. The Balaban J connectivity index is 1.64. The molecule has 1 aliphatic heterocycles. The van der Waals surface area contributed by atoms with Gasteiger partial charge in [0.2, 0.25) is 0 Å². The highest BCUT2D eigenvalue weighted by atomic mass is 32.2. The molecule has 5 nitrogen and oxygen atoms in total. The van der Waals surface area contributed by atoms with Gasteiger partial charge in [-0.3, -0.25) is 0 Å². The van der Waals surface area contributed by atoms with Crippen LogP contribution in [0, 0.1) is 17.1 Å². The Bertz CT molecular complexity index is 928. The summed E-state index contributed by atoms with van der Waals surface area (Å²) in [4.78, 5) is 19.1. The van der Waals surface area contributed by atoms with Gasteiger partial charge in [-0.1, -0.05) is 17.8 Å². The van der Waals surface area contributed by atoms with E-state index in [4.69, 9.17) is 15.0 Å². The fourth-order valence-corrected chi connectivity index (χ4v) is 3.98. The molecule has 152 valence electrons. The van der Waals surface area contributed by atoms with Crippen LogP contribution in [0.4, 0.5) is 9.18 Å². The minimum Gasteiger partial charge on any atom is -0.444 e. The summed E-state index contributed by atoms with van der Waals surface area (Å²) in [5, 5.41) is 9.57. The molecule has 0 atom stereocenters. The van der Waals surface area contributed by atoms with Crippen LogP contribution in [-0.4, -0.2) is 34.7 Å². The van der Waals surface area contributed by atoms with Crippen molar-refractivity contribution in [2.75, 3.05) is 13.1 Å². The van der Waals surface area contributed by atoms with Crippen molar-refractivity contribution in [3.63, 3.8) is 0 Å². The second-order valence-electron chi connectivity index (χ2n) is 8.00. The lowest BCUT2D eigenvalue weighted by molar-refractivity contribution is 0.0204. The number of aromatic nitrogens is 1. The van der Waals surface area contributed by atoms with Gasteiger partial charge in [0, 0.05) is 29.6 Å². The zero-order chi connectivity index (χ0) is 21.0. The Kier molecular flexibility index (Phi) is 6.43. The number of hydrogen-bond acceptors (Lipinski definition) is 5. The molecule has 0 radical (unpaired) electrons. The van der Waals surface area contributed by atoms with E-state index in [1.165, 1.54) is 17.8 Å². The monoisotopic (exact) mass is 413 g/mol. The van der Waals surface area contributed by atoms with E-state index in [2.05, 4.69) is 0 Å².